The highest BCUT2D eigenvalue weighted by atomic mass is 16.3. The first-order chi connectivity index (χ1) is 13.1. The number of β-amino-alcohol motifs (C(OH)–C–C–N with tert-alkyl or cyclic N) is 1. The summed E-state index contributed by atoms with van der Waals surface area (Å²) >= 11 is 0. The number of aliphatic hydroxyl groups is 1. The van der Waals surface area contributed by atoms with Gasteiger partial charge in [-0.25, -0.2) is 4.79 Å². The average molecular weight is 364 g/mol. The number of anilines is 1. The van der Waals surface area contributed by atoms with Crippen LogP contribution in [0.5, 0.6) is 0 Å². The number of likely N-dealkylation sites (tertiary alicyclic amines) is 1. The Hall–Kier alpha value is -2.86. The number of nitrogens with zero attached hydrogens (tertiary/aromatic N) is 3. The predicted molar refractivity (Wildman–Crippen MR) is 106 cm³/mol. The van der Waals surface area contributed by atoms with Gasteiger partial charge >= 0.3 is 6.03 Å². The second-order valence-corrected chi connectivity index (χ2v) is 7.03. The molecule has 140 valence electrons. The van der Waals surface area contributed by atoms with Crippen LogP contribution in [0.3, 0.4) is 0 Å². The number of hydrogen-bond acceptors (Lipinski definition) is 3. The van der Waals surface area contributed by atoms with E-state index in [0.717, 1.165) is 18.5 Å². The smallest absolute Gasteiger partial charge is 0.322 e. The molecule has 2 unspecified atom stereocenters. The lowest BCUT2D eigenvalue weighted by Crippen LogP contribution is -2.47. The molecule has 0 aliphatic carbocycles. The van der Waals surface area contributed by atoms with Gasteiger partial charge in [0.25, 0.3) is 0 Å². The molecule has 2 atom stereocenters. The van der Waals surface area contributed by atoms with Crippen molar-refractivity contribution in [2.75, 3.05) is 18.4 Å². The molecule has 1 fully saturated rings. The second-order valence-electron chi connectivity index (χ2n) is 7.03. The first kappa shape index (κ1) is 17.5. The van der Waals surface area contributed by atoms with Gasteiger partial charge in [0.15, 0.2) is 0 Å². The van der Waals surface area contributed by atoms with E-state index in [1.807, 2.05) is 19.1 Å². The van der Waals surface area contributed by atoms with Crippen LogP contribution in [0, 0.1) is 0 Å². The number of aliphatic hydroxyl groups excluding tert-OH is 1. The molecule has 2 heterocycles. The van der Waals surface area contributed by atoms with E-state index in [0.29, 0.717) is 18.8 Å². The lowest BCUT2D eigenvalue weighted by atomic mass is 9.86. The summed E-state index contributed by atoms with van der Waals surface area (Å²) in [6, 6.07) is 14.4. The maximum Gasteiger partial charge on any atom is 0.322 e. The van der Waals surface area contributed by atoms with Crippen LogP contribution in [-0.2, 0) is 6.54 Å². The third kappa shape index (κ3) is 3.66. The van der Waals surface area contributed by atoms with E-state index in [9.17, 15) is 9.90 Å². The average Bonchev–Trinajstić information content (AvgIpc) is 3.15. The molecule has 6 heteroatoms. The van der Waals surface area contributed by atoms with Crippen LogP contribution in [0.4, 0.5) is 10.5 Å². The normalized spacial score (nSPS) is 20.0. The molecular weight excluding hydrogens is 340 g/mol. The fraction of sp³-hybridized carbons (Fsp3) is 0.333. The van der Waals surface area contributed by atoms with Gasteiger partial charge in [0.1, 0.15) is 0 Å². The number of aromatic nitrogens is 2. The second kappa shape index (κ2) is 7.40. The molecule has 0 spiro atoms. The van der Waals surface area contributed by atoms with Crippen LogP contribution < -0.4 is 5.32 Å². The summed E-state index contributed by atoms with van der Waals surface area (Å²) in [5.41, 5.74) is 1.80. The van der Waals surface area contributed by atoms with Crippen molar-refractivity contribution >= 4 is 22.5 Å². The van der Waals surface area contributed by atoms with Crippen LogP contribution in [-0.4, -0.2) is 45.0 Å². The Labute approximate surface area is 158 Å². The van der Waals surface area contributed by atoms with Crippen molar-refractivity contribution in [3.05, 3.63) is 60.4 Å². The lowest BCUT2D eigenvalue weighted by molar-refractivity contribution is 0.0689. The number of piperidine rings is 1. The first-order valence-corrected chi connectivity index (χ1v) is 9.39. The van der Waals surface area contributed by atoms with Gasteiger partial charge in [-0.1, -0.05) is 42.5 Å². The highest BCUT2D eigenvalue weighted by molar-refractivity contribution is 5.89. The van der Waals surface area contributed by atoms with E-state index < -0.39 is 6.10 Å². The van der Waals surface area contributed by atoms with Crippen LogP contribution >= 0.6 is 0 Å². The SMILES string of the molecule is CCn1cc(NC(=O)N2CCC(c3ccc4ccccc4c3)C(O)C2)cn1. The van der Waals surface area contributed by atoms with Crippen LogP contribution in [0.25, 0.3) is 10.8 Å². The van der Waals surface area contributed by atoms with Gasteiger partial charge in [-0.2, -0.15) is 5.10 Å². The van der Waals surface area contributed by atoms with E-state index in [1.165, 1.54) is 10.8 Å². The van der Waals surface area contributed by atoms with Gasteiger partial charge in [-0.05, 0) is 29.7 Å². The summed E-state index contributed by atoms with van der Waals surface area (Å²) in [6.45, 7) is 3.69. The molecule has 1 aliphatic heterocycles. The molecule has 27 heavy (non-hydrogen) atoms. The van der Waals surface area contributed by atoms with Crippen molar-refractivity contribution in [1.82, 2.24) is 14.7 Å². The zero-order valence-electron chi connectivity index (χ0n) is 15.4. The Morgan fingerprint density at radius 3 is 2.81 bits per heavy atom. The van der Waals surface area contributed by atoms with Crippen molar-refractivity contribution in [1.29, 1.82) is 0 Å². The molecule has 0 saturated carbocycles. The zero-order valence-corrected chi connectivity index (χ0v) is 15.4. The number of benzene rings is 2. The number of aryl methyl sites for hydroxylation is 1. The predicted octanol–water partition coefficient (Wildman–Crippen LogP) is 3.44. The van der Waals surface area contributed by atoms with E-state index in [1.54, 1.807) is 22.0 Å². The molecule has 0 bridgehead atoms. The van der Waals surface area contributed by atoms with Crippen LogP contribution in [0.15, 0.2) is 54.9 Å². The van der Waals surface area contributed by atoms with E-state index in [-0.39, 0.29) is 11.9 Å². The van der Waals surface area contributed by atoms with Crippen molar-refractivity contribution < 1.29 is 9.90 Å². The summed E-state index contributed by atoms with van der Waals surface area (Å²) in [6.07, 6.45) is 3.60. The number of carbonyl (C=O) groups excluding carboxylic acids is 1. The molecule has 0 radical (unpaired) electrons. The number of hydrogen-bond donors (Lipinski definition) is 2. The number of urea groups is 1. The fourth-order valence-corrected chi connectivity index (χ4v) is 3.75. The Morgan fingerprint density at radius 1 is 1.26 bits per heavy atom. The minimum atomic E-state index is -0.580. The number of rotatable bonds is 3. The first-order valence-electron chi connectivity index (χ1n) is 9.39. The summed E-state index contributed by atoms with van der Waals surface area (Å²) in [7, 11) is 0. The number of amides is 2. The Bertz CT molecular complexity index is 952. The maximum absolute atomic E-state index is 12.5. The van der Waals surface area contributed by atoms with Crippen molar-refractivity contribution in [3.8, 4) is 0 Å². The molecule has 1 aliphatic rings. The molecule has 2 aromatic carbocycles. The molecule has 4 rings (SSSR count). The summed E-state index contributed by atoms with van der Waals surface area (Å²) in [5, 5.41) is 20.1. The molecule has 2 N–H and O–H groups in total. The van der Waals surface area contributed by atoms with E-state index in [4.69, 9.17) is 0 Å². The largest absolute Gasteiger partial charge is 0.391 e. The summed E-state index contributed by atoms with van der Waals surface area (Å²) in [5.74, 6) is 0.0431. The van der Waals surface area contributed by atoms with Gasteiger partial charge in [0.05, 0.1) is 18.0 Å². The minimum Gasteiger partial charge on any atom is -0.391 e. The molecular formula is C21H24N4O2. The van der Waals surface area contributed by atoms with Crippen molar-refractivity contribution in [3.63, 3.8) is 0 Å². The summed E-state index contributed by atoms with van der Waals surface area (Å²) in [4.78, 5) is 14.2. The zero-order chi connectivity index (χ0) is 18.8. The molecule has 1 aromatic heterocycles. The van der Waals surface area contributed by atoms with E-state index >= 15 is 0 Å². The Balaban J connectivity index is 1.42. The van der Waals surface area contributed by atoms with E-state index in [2.05, 4.69) is 40.7 Å². The quantitative estimate of drug-likeness (QED) is 0.748. The van der Waals surface area contributed by atoms with Crippen LogP contribution in [0.2, 0.25) is 0 Å². The van der Waals surface area contributed by atoms with Crippen LogP contribution in [0.1, 0.15) is 24.8 Å². The highest BCUT2D eigenvalue weighted by Gasteiger charge is 2.31. The monoisotopic (exact) mass is 364 g/mol. The standard InChI is InChI=1S/C21H24N4O2/c1-2-25-13-18(12-22-25)23-21(27)24-10-9-19(20(26)14-24)17-8-7-15-5-3-4-6-16(15)11-17/h3-8,11-13,19-20,26H,2,9-10,14H2,1H3,(H,23,27). The minimum absolute atomic E-state index is 0.0431. The van der Waals surface area contributed by atoms with Gasteiger partial charge < -0.3 is 15.3 Å². The number of fused-ring (bicyclic) bond motifs is 1. The Kier molecular flexibility index (Phi) is 4.81. The van der Waals surface area contributed by atoms with Gasteiger partial charge in [-0.15, -0.1) is 0 Å². The van der Waals surface area contributed by atoms with Gasteiger partial charge in [0.2, 0.25) is 0 Å². The third-order valence-corrected chi connectivity index (χ3v) is 5.28. The topological polar surface area (TPSA) is 70.4 Å². The highest BCUT2D eigenvalue weighted by Crippen LogP contribution is 2.30. The van der Waals surface area contributed by atoms with Gasteiger partial charge in [-0.3, -0.25) is 4.68 Å². The fourth-order valence-electron chi connectivity index (χ4n) is 3.75. The maximum atomic E-state index is 12.5. The molecule has 6 nitrogen and oxygen atoms in total. The third-order valence-electron chi connectivity index (χ3n) is 5.28. The molecule has 2 amide bonds. The molecule has 3 aromatic rings. The number of carbonyl (C=O) groups is 1. The summed E-state index contributed by atoms with van der Waals surface area (Å²) < 4.78 is 1.76. The van der Waals surface area contributed by atoms with Gasteiger partial charge in [0, 0.05) is 31.7 Å². The van der Waals surface area contributed by atoms with Crippen molar-refractivity contribution in [2.24, 2.45) is 0 Å². The number of nitrogens with one attached hydrogen (secondary N) is 1. The van der Waals surface area contributed by atoms with Crippen molar-refractivity contribution in [2.45, 2.75) is 31.9 Å². The Morgan fingerprint density at radius 2 is 2.07 bits per heavy atom. The molecule has 1 saturated heterocycles. The lowest BCUT2D eigenvalue weighted by Gasteiger charge is -2.36.